The van der Waals surface area contributed by atoms with Crippen LogP contribution in [0.15, 0.2) is 36.7 Å². The highest BCUT2D eigenvalue weighted by atomic mass is 16.5. The van der Waals surface area contributed by atoms with Gasteiger partial charge < -0.3 is 19.3 Å². The van der Waals surface area contributed by atoms with E-state index in [1.165, 1.54) is 5.82 Å². The maximum Gasteiger partial charge on any atom is 0.122 e. The van der Waals surface area contributed by atoms with Crippen molar-refractivity contribution in [1.82, 2.24) is 19.4 Å². The van der Waals surface area contributed by atoms with Gasteiger partial charge in [0.15, 0.2) is 0 Å². The molecule has 146 valence electrons. The minimum Gasteiger partial charge on any atom is -0.491 e. The summed E-state index contributed by atoms with van der Waals surface area (Å²) < 4.78 is 8.05. The van der Waals surface area contributed by atoms with E-state index in [1.807, 2.05) is 37.4 Å². The first-order valence-corrected chi connectivity index (χ1v) is 10.0. The molecule has 1 fully saturated rings. The Morgan fingerprint density at radius 3 is 2.81 bits per heavy atom. The molecule has 0 unspecified atom stereocenters. The number of aryl methyl sites for hydroxylation is 1. The SMILES string of the molecule is Cc1ccccc1OC[C@H](O)CN1CCC(N2CCn3ccnc3C2)CC1. The molecule has 1 saturated heterocycles. The minimum atomic E-state index is -0.455. The Hall–Kier alpha value is -1.89. The van der Waals surface area contributed by atoms with E-state index >= 15 is 0 Å². The first-order chi connectivity index (χ1) is 13.2. The summed E-state index contributed by atoms with van der Waals surface area (Å²) in [5.41, 5.74) is 1.10. The fourth-order valence-corrected chi connectivity index (χ4v) is 4.23. The Morgan fingerprint density at radius 2 is 2.00 bits per heavy atom. The fraction of sp³-hybridized carbons (Fsp3) is 0.571. The topological polar surface area (TPSA) is 53.8 Å². The molecule has 0 amide bonds. The number of aliphatic hydroxyl groups is 1. The van der Waals surface area contributed by atoms with Crippen molar-refractivity contribution in [2.75, 3.05) is 32.8 Å². The number of hydrogen-bond acceptors (Lipinski definition) is 5. The fourth-order valence-electron chi connectivity index (χ4n) is 4.23. The molecule has 0 aliphatic carbocycles. The van der Waals surface area contributed by atoms with E-state index in [0.717, 1.165) is 56.9 Å². The number of rotatable bonds is 6. The van der Waals surface area contributed by atoms with Crippen LogP contribution in [0, 0.1) is 6.92 Å². The van der Waals surface area contributed by atoms with E-state index in [1.54, 1.807) is 0 Å². The zero-order chi connectivity index (χ0) is 18.6. The number of β-amino-alcohol motifs (C(OH)–C–C–N with tert-alkyl or cyclic N) is 1. The van der Waals surface area contributed by atoms with Crippen molar-refractivity contribution in [2.45, 2.75) is 45.0 Å². The molecule has 27 heavy (non-hydrogen) atoms. The maximum atomic E-state index is 10.4. The first-order valence-electron chi connectivity index (χ1n) is 10.0. The van der Waals surface area contributed by atoms with Crippen molar-refractivity contribution in [2.24, 2.45) is 0 Å². The third-order valence-electron chi connectivity index (χ3n) is 5.84. The van der Waals surface area contributed by atoms with Gasteiger partial charge in [-0.15, -0.1) is 0 Å². The van der Waals surface area contributed by atoms with Crippen LogP contribution in [0.2, 0.25) is 0 Å². The summed E-state index contributed by atoms with van der Waals surface area (Å²) in [5, 5.41) is 10.4. The lowest BCUT2D eigenvalue weighted by Gasteiger charge is -2.40. The quantitative estimate of drug-likeness (QED) is 0.842. The summed E-state index contributed by atoms with van der Waals surface area (Å²) in [6.07, 6.45) is 5.85. The van der Waals surface area contributed by atoms with Crippen LogP contribution in [0.3, 0.4) is 0 Å². The number of hydrogen-bond donors (Lipinski definition) is 1. The molecule has 2 aliphatic rings. The molecule has 6 nitrogen and oxygen atoms in total. The van der Waals surface area contributed by atoms with Crippen molar-refractivity contribution in [3.05, 3.63) is 48.0 Å². The summed E-state index contributed by atoms with van der Waals surface area (Å²) in [7, 11) is 0. The monoisotopic (exact) mass is 370 g/mol. The lowest BCUT2D eigenvalue weighted by molar-refractivity contribution is 0.0383. The molecule has 1 N–H and O–H groups in total. The molecular weight excluding hydrogens is 340 g/mol. The Morgan fingerprint density at radius 1 is 1.19 bits per heavy atom. The summed E-state index contributed by atoms with van der Waals surface area (Å²) in [6, 6.07) is 8.58. The summed E-state index contributed by atoms with van der Waals surface area (Å²) >= 11 is 0. The highest BCUT2D eigenvalue weighted by Crippen LogP contribution is 2.22. The van der Waals surface area contributed by atoms with Crippen LogP contribution < -0.4 is 4.74 Å². The Bertz CT molecular complexity index is 739. The lowest BCUT2D eigenvalue weighted by Crippen LogP contribution is -2.49. The number of piperidine rings is 1. The van der Waals surface area contributed by atoms with Crippen molar-refractivity contribution in [3.63, 3.8) is 0 Å². The number of aromatic nitrogens is 2. The average molecular weight is 370 g/mol. The van der Waals surface area contributed by atoms with Crippen molar-refractivity contribution in [3.8, 4) is 5.75 Å². The minimum absolute atomic E-state index is 0.347. The predicted octanol–water partition coefficient (Wildman–Crippen LogP) is 1.91. The van der Waals surface area contributed by atoms with E-state index in [0.29, 0.717) is 19.2 Å². The number of fused-ring (bicyclic) bond motifs is 1. The Balaban J connectivity index is 1.20. The zero-order valence-electron chi connectivity index (χ0n) is 16.1. The molecule has 3 heterocycles. The van der Waals surface area contributed by atoms with Crippen molar-refractivity contribution >= 4 is 0 Å². The smallest absolute Gasteiger partial charge is 0.122 e. The third kappa shape index (κ3) is 4.51. The maximum absolute atomic E-state index is 10.4. The average Bonchev–Trinajstić information content (AvgIpc) is 3.16. The Labute approximate surface area is 161 Å². The molecule has 1 atom stereocenters. The summed E-state index contributed by atoms with van der Waals surface area (Å²) in [4.78, 5) is 9.42. The van der Waals surface area contributed by atoms with Gasteiger partial charge in [0, 0.05) is 38.1 Å². The van der Waals surface area contributed by atoms with Gasteiger partial charge in [0.2, 0.25) is 0 Å². The number of benzene rings is 1. The predicted molar refractivity (Wildman–Crippen MR) is 105 cm³/mol. The molecule has 1 aromatic heterocycles. The lowest BCUT2D eigenvalue weighted by atomic mass is 10.0. The molecule has 0 saturated carbocycles. The number of nitrogens with zero attached hydrogens (tertiary/aromatic N) is 4. The molecule has 0 bridgehead atoms. The molecule has 2 aromatic rings. The van der Waals surface area contributed by atoms with Crippen LogP contribution in [-0.4, -0.2) is 69.4 Å². The number of para-hydroxylation sites is 1. The second kappa shape index (κ2) is 8.42. The number of imidazole rings is 1. The van der Waals surface area contributed by atoms with E-state index in [2.05, 4.69) is 25.5 Å². The third-order valence-corrected chi connectivity index (χ3v) is 5.84. The van der Waals surface area contributed by atoms with Crippen molar-refractivity contribution < 1.29 is 9.84 Å². The highest BCUT2D eigenvalue weighted by molar-refractivity contribution is 5.31. The molecule has 6 heteroatoms. The van der Waals surface area contributed by atoms with Crippen LogP contribution in [0.4, 0.5) is 0 Å². The van der Waals surface area contributed by atoms with Gasteiger partial charge in [0.05, 0.1) is 6.54 Å². The van der Waals surface area contributed by atoms with Gasteiger partial charge >= 0.3 is 0 Å². The van der Waals surface area contributed by atoms with E-state index in [-0.39, 0.29) is 0 Å². The molecule has 0 radical (unpaired) electrons. The van der Waals surface area contributed by atoms with Crippen LogP contribution in [0.25, 0.3) is 0 Å². The van der Waals surface area contributed by atoms with Gasteiger partial charge in [-0.1, -0.05) is 18.2 Å². The second-order valence-electron chi connectivity index (χ2n) is 7.77. The van der Waals surface area contributed by atoms with Gasteiger partial charge in [0.1, 0.15) is 24.3 Å². The van der Waals surface area contributed by atoms with Gasteiger partial charge in [0.25, 0.3) is 0 Å². The normalized spacial score (nSPS) is 20.4. The van der Waals surface area contributed by atoms with Gasteiger partial charge in [-0.05, 0) is 44.5 Å². The molecule has 4 rings (SSSR count). The molecule has 2 aliphatic heterocycles. The number of aliphatic hydroxyl groups excluding tert-OH is 1. The van der Waals surface area contributed by atoms with E-state index < -0.39 is 6.10 Å². The standard InChI is InChI=1S/C21H30N4O2/c1-17-4-2-3-5-20(17)27-16-19(26)14-23-9-6-18(7-10-23)25-13-12-24-11-8-22-21(24)15-25/h2-5,8,11,18-19,26H,6-7,9-10,12-16H2,1H3/t19-/m1/s1. The van der Waals surface area contributed by atoms with Crippen molar-refractivity contribution in [1.29, 1.82) is 0 Å². The Kier molecular flexibility index (Phi) is 5.76. The largest absolute Gasteiger partial charge is 0.491 e. The highest BCUT2D eigenvalue weighted by Gasteiger charge is 2.28. The van der Waals surface area contributed by atoms with Crippen LogP contribution in [-0.2, 0) is 13.1 Å². The van der Waals surface area contributed by atoms with Gasteiger partial charge in [-0.3, -0.25) is 4.90 Å². The molecule has 0 spiro atoms. The summed E-state index contributed by atoms with van der Waals surface area (Å²) in [5.74, 6) is 2.05. The van der Waals surface area contributed by atoms with Crippen LogP contribution in [0.5, 0.6) is 5.75 Å². The van der Waals surface area contributed by atoms with Crippen LogP contribution in [0.1, 0.15) is 24.2 Å². The zero-order valence-corrected chi connectivity index (χ0v) is 16.1. The number of likely N-dealkylation sites (tertiary alicyclic amines) is 1. The second-order valence-corrected chi connectivity index (χ2v) is 7.77. The first kappa shape index (κ1) is 18.5. The molecular formula is C21H30N4O2. The van der Waals surface area contributed by atoms with Gasteiger partial charge in [-0.2, -0.15) is 0 Å². The summed E-state index contributed by atoms with van der Waals surface area (Å²) in [6.45, 7) is 8.26. The van der Waals surface area contributed by atoms with Crippen LogP contribution >= 0.6 is 0 Å². The van der Waals surface area contributed by atoms with E-state index in [9.17, 15) is 5.11 Å². The van der Waals surface area contributed by atoms with E-state index in [4.69, 9.17) is 4.74 Å². The number of ether oxygens (including phenoxy) is 1. The van der Waals surface area contributed by atoms with Gasteiger partial charge in [-0.25, -0.2) is 4.98 Å². The molecule has 1 aromatic carbocycles.